The third-order valence-electron chi connectivity index (χ3n) is 4.14. The van der Waals surface area contributed by atoms with Crippen LogP contribution in [-0.4, -0.2) is 23.4 Å². The average molecular weight is 288 g/mol. The Morgan fingerprint density at radius 3 is 2.24 bits per heavy atom. The van der Waals surface area contributed by atoms with Crippen molar-refractivity contribution in [3.63, 3.8) is 0 Å². The zero-order valence-electron chi connectivity index (χ0n) is 13.9. The van der Waals surface area contributed by atoms with Crippen LogP contribution in [-0.2, 0) is 4.79 Å². The lowest BCUT2D eigenvalue weighted by Gasteiger charge is -2.26. The Morgan fingerprint density at radius 1 is 1.14 bits per heavy atom. The van der Waals surface area contributed by atoms with Crippen LogP contribution in [0.2, 0.25) is 0 Å². The first-order valence-electron chi connectivity index (χ1n) is 8.10. The number of hydrogen-bond donors (Lipinski definition) is 1. The number of hydrogen-bond acceptors (Lipinski definition) is 2. The minimum absolute atomic E-state index is 0.0195. The summed E-state index contributed by atoms with van der Waals surface area (Å²) < 4.78 is 0. The van der Waals surface area contributed by atoms with E-state index < -0.39 is 0 Å². The van der Waals surface area contributed by atoms with E-state index in [9.17, 15) is 4.79 Å². The van der Waals surface area contributed by atoms with Crippen LogP contribution in [0.25, 0.3) is 0 Å². The standard InChI is InChI=1S/C18H28N2O/c1-6-16-18(21)20(11-12(2)3)17(19-16)15-9-7-14(8-10-15)13(4)5/h7-10,12-13,16-17,19H,6,11H2,1-5H3. The molecule has 0 aliphatic carbocycles. The minimum atomic E-state index is -0.0430. The van der Waals surface area contributed by atoms with Crippen molar-refractivity contribution < 1.29 is 4.79 Å². The van der Waals surface area contributed by atoms with Crippen LogP contribution in [0.15, 0.2) is 24.3 Å². The molecule has 0 radical (unpaired) electrons. The van der Waals surface area contributed by atoms with Crippen molar-refractivity contribution in [1.29, 1.82) is 0 Å². The van der Waals surface area contributed by atoms with E-state index >= 15 is 0 Å². The van der Waals surface area contributed by atoms with Gasteiger partial charge in [0, 0.05) is 6.54 Å². The summed E-state index contributed by atoms with van der Waals surface area (Å²) in [4.78, 5) is 14.5. The second-order valence-electron chi connectivity index (χ2n) is 6.74. The Labute approximate surface area is 128 Å². The number of benzene rings is 1. The number of rotatable bonds is 5. The van der Waals surface area contributed by atoms with Crippen molar-refractivity contribution in [1.82, 2.24) is 10.2 Å². The van der Waals surface area contributed by atoms with E-state index in [4.69, 9.17) is 0 Å². The van der Waals surface area contributed by atoms with E-state index in [2.05, 4.69) is 64.2 Å². The van der Waals surface area contributed by atoms with Crippen LogP contribution in [0, 0.1) is 5.92 Å². The Kier molecular flexibility index (Phi) is 5.04. The first-order valence-corrected chi connectivity index (χ1v) is 8.10. The van der Waals surface area contributed by atoms with Crippen LogP contribution in [0.3, 0.4) is 0 Å². The largest absolute Gasteiger partial charge is 0.321 e. The Hall–Kier alpha value is -1.35. The maximum atomic E-state index is 12.5. The molecule has 2 unspecified atom stereocenters. The summed E-state index contributed by atoms with van der Waals surface area (Å²) in [7, 11) is 0. The molecule has 116 valence electrons. The van der Waals surface area contributed by atoms with Crippen molar-refractivity contribution in [2.24, 2.45) is 5.92 Å². The van der Waals surface area contributed by atoms with Gasteiger partial charge in [0.2, 0.25) is 5.91 Å². The molecule has 1 aromatic carbocycles. The molecule has 1 amide bonds. The lowest BCUT2D eigenvalue weighted by Crippen LogP contribution is -2.34. The zero-order valence-corrected chi connectivity index (χ0v) is 13.9. The number of nitrogens with one attached hydrogen (secondary N) is 1. The van der Waals surface area contributed by atoms with Crippen LogP contribution in [0.5, 0.6) is 0 Å². The molecule has 1 N–H and O–H groups in total. The van der Waals surface area contributed by atoms with E-state index in [1.165, 1.54) is 11.1 Å². The fourth-order valence-corrected chi connectivity index (χ4v) is 2.90. The van der Waals surface area contributed by atoms with Gasteiger partial charge in [0.15, 0.2) is 0 Å². The van der Waals surface area contributed by atoms with Crippen molar-refractivity contribution in [2.75, 3.05) is 6.54 Å². The summed E-state index contributed by atoms with van der Waals surface area (Å²) in [5.74, 6) is 1.25. The van der Waals surface area contributed by atoms with Crippen LogP contribution in [0.4, 0.5) is 0 Å². The number of nitrogens with zero attached hydrogens (tertiary/aromatic N) is 1. The van der Waals surface area contributed by atoms with Crippen molar-refractivity contribution in [2.45, 2.75) is 59.2 Å². The van der Waals surface area contributed by atoms with Crippen molar-refractivity contribution in [3.8, 4) is 0 Å². The first-order chi connectivity index (χ1) is 9.93. The molecule has 21 heavy (non-hydrogen) atoms. The topological polar surface area (TPSA) is 32.3 Å². The highest BCUT2D eigenvalue weighted by atomic mass is 16.2. The second kappa shape index (κ2) is 6.61. The molecule has 3 heteroatoms. The molecule has 0 spiro atoms. The Bertz CT molecular complexity index is 478. The Morgan fingerprint density at radius 2 is 1.76 bits per heavy atom. The number of amides is 1. The summed E-state index contributed by atoms with van der Waals surface area (Å²) >= 11 is 0. The van der Waals surface area contributed by atoms with Gasteiger partial charge >= 0.3 is 0 Å². The van der Waals surface area contributed by atoms with E-state index in [1.54, 1.807) is 0 Å². The zero-order chi connectivity index (χ0) is 15.6. The van der Waals surface area contributed by atoms with Gasteiger partial charge in [-0.05, 0) is 29.4 Å². The van der Waals surface area contributed by atoms with Crippen molar-refractivity contribution >= 4 is 5.91 Å². The third kappa shape index (κ3) is 3.46. The van der Waals surface area contributed by atoms with E-state index in [1.807, 2.05) is 4.90 Å². The summed E-state index contributed by atoms with van der Waals surface area (Å²) in [6.45, 7) is 11.6. The molecule has 1 saturated heterocycles. The van der Waals surface area contributed by atoms with Gasteiger partial charge in [0.25, 0.3) is 0 Å². The molecule has 1 aromatic rings. The molecule has 1 aliphatic heterocycles. The molecule has 0 bridgehead atoms. The van der Waals surface area contributed by atoms with E-state index in [-0.39, 0.29) is 18.1 Å². The van der Waals surface area contributed by atoms with Gasteiger partial charge in [0.05, 0.1) is 6.04 Å². The van der Waals surface area contributed by atoms with Gasteiger partial charge in [-0.1, -0.05) is 58.9 Å². The molecule has 3 nitrogen and oxygen atoms in total. The third-order valence-corrected chi connectivity index (χ3v) is 4.14. The highest BCUT2D eigenvalue weighted by Crippen LogP contribution is 2.28. The van der Waals surface area contributed by atoms with Gasteiger partial charge in [0.1, 0.15) is 6.17 Å². The lowest BCUT2D eigenvalue weighted by molar-refractivity contribution is -0.130. The number of carbonyl (C=O) groups is 1. The number of carbonyl (C=O) groups excluding carboxylic acids is 1. The van der Waals surface area contributed by atoms with Crippen molar-refractivity contribution in [3.05, 3.63) is 35.4 Å². The Balaban J connectivity index is 2.24. The smallest absolute Gasteiger partial charge is 0.241 e. The van der Waals surface area contributed by atoms with E-state index in [0.29, 0.717) is 11.8 Å². The van der Waals surface area contributed by atoms with Crippen LogP contribution < -0.4 is 5.32 Å². The molecule has 1 heterocycles. The fraction of sp³-hybridized carbons (Fsp3) is 0.611. The summed E-state index contributed by atoms with van der Waals surface area (Å²) in [6.07, 6.45) is 0.861. The SMILES string of the molecule is CCC1NC(c2ccc(C(C)C)cc2)N(CC(C)C)C1=O. The highest BCUT2D eigenvalue weighted by molar-refractivity contribution is 5.84. The monoisotopic (exact) mass is 288 g/mol. The molecular weight excluding hydrogens is 260 g/mol. The van der Waals surface area contributed by atoms with Gasteiger partial charge in [-0.3, -0.25) is 10.1 Å². The average Bonchev–Trinajstić information content (AvgIpc) is 2.75. The van der Waals surface area contributed by atoms with Gasteiger partial charge in [-0.2, -0.15) is 0 Å². The van der Waals surface area contributed by atoms with Crippen LogP contribution >= 0.6 is 0 Å². The molecule has 0 saturated carbocycles. The highest BCUT2D eigenvalue weighted by Gasteiger charge is 2.38. The molecule has 1 fully saturated rings. The minimum Gasteiger partial charge on any atom is -0.321 e. The first kappa shape index (κ1) is 16.0. The maximum absolute atomic E-state index is 12.5. The summed E-state index contributed by atoms with van der Waals surface area (Å²) in [5, 5.41) is 3.49. The van der Waals surface area contributed by atoms with Crippen LogP contribution in [0.1, 0.15) is 64.3 Å². The second-order valence-corrected chi connectivity index (χ2v) is 6.74. The summed E-state index contributed by atoms with van der Waals surface area (Å²) in [6, 6.07) is 8.63. The molecule has 2 rings (SSSR count). The van der Waals surface area contributed by atoms with Gasteiger partial charge in [-0.15, -0.1) is 0 Å². The molecule has 0 aromatic heterocycles. The van der Waals surface area contributed by atoms with Gasteiger partial charge < -0.3 is 4.90 Å². The lowest BCUT2D eigenvalue weighted by atomic mass is 10.0. The van der Waals surface area contributed by atoms with E-state index in [0.717, 1.165) is 13.0 Å². The predicted octanol–water partition coefficient (Wildman–Crippen LogP) is 3.68. The fourth-order valence-electron chi connectivity index (χ4n) is 2.90. The predicted molar refractivity (Wildman–Crippen MR) is 87.0 cm³/mol. The van der Waals surface area contributed by atoms with Gasteiger partial charge in [-0.25, -0.2) is 0 Å². The maximum Gasteiger partial charge on any atom is 0.241 e. The normalized spacial score (nSPS) is 22.6. The quantitative estimate of drug-likeness (QED) is 0.896. The molecule has 2 atom stereocenters. The molecular formula is C18H28N2O. The summed E-state index contributed by atoms with van der Waals surface area (Å²) in [5.41, 5.74) is 2.52. The molecule has 1 aliphatic rings.